The molecule has 22 heavy (non-hydrogen) atoms. The summed E-state index contributed by atoms with van der Waals surface area (Å²) in [7, 11) is 0. The largest absolute Gasteiger partial charge is 0.332 e. The highest BCUT2D eigenvalue weighted by Gasteiger charge is 2.35. The van der Waals surface area contributed by atoms with Crippen LogP contribution in [-0.4, -0.2) is 16.7 Å². The number of allylic oxidation sites excluding steroid dienone is 2. The van der Waals surface area contributed by atoms with Crippen LogP contribution in [0.1, 0.15) is 17.4 Å². The number of benzene rings is 1. The summed E-state index contributed by atoms with van der Waals surface area (Å²) in [6.45, 7) is 2.01. The summed E-state index contributed by atoms with van der Waals surface area (Å²) < 4.78 is 0. The Hall–Kier alpha value is -2.68. The molecule has 3 nitrogen and oxygen atoms in total. The molecule has 3 heteroatoms. The van der Waals surface area contributed by atoms with Gasteiger partial charge in [0.25, 0.3) is 0 Å². The van der Waals surface area contributed by atoms with Crippen LogP contribution in [0.4, 0.5) is 5.69 Å². The van der Waals surface area contributed by atoms with Crippen LogP contribution < -0.4 is 4.90 Å². The zero-order valence-corrected chi connectivity index (χ0v) is 12.4. The van der Waals surface area contributed by atoms with Crippen LogP contribution in [0.5, 0.6) is 0 Å². The molecule has 2 aromatic rings. The number of hydrogen-bond donors (Lipinski definition) is 0. The van der Waals surface area contributed by atoms with Gasteiger partial charge in [-0.05, 0) is 30.7 Å². The number of anilines is 1. The van der Waals surface area contributed by atoms with Crippen LogP contribution in [-0.2, 0) is 0 Å². The van der Waals surface area contributed by atoms with E-state index < -0.39 is 0 Å². The molecule has 0 fully saturated rings. The molecule has 0 spiro atoms. The van der Waals surface area contributed by atoms with E-state index in [0.717, 1.165) is 17.1 Å². The Morgan fingerprint density at radius 3 is 2.64 bits per heavy atom. The lowest BCUT2D eigenvalue weighted by Gasteiger charge is -2.30. The van der Waals surface area contributed by atoms with E-state index in [1.165, 1.54) is 5.56 Å². The number of aromatic nitrogens is 1. The third-order valence-electron chi connectivity index (χ3n) is 4.10. The third kappa shape index (κ3) is 2.15. The molecule has 1 aromatic carbocycles. The Morgan fingerprint density at radius 2 is 1.86 bits per heavy atom. The van der Waals surface area contributed by atoms with Crippen molar-refractivity contribution in [2.24, 2.45) is 4.99 Å². The Bertz CT molecular complexity index is 757. The van der Waals surface area contributed by atoms with Gasteiger partial charge < -0.3 is 4.90 Å². The molecule has 0 saturated carbocycles. The number of fused-ring (bicyclic) bond motifs is 1. The van der Waals surface area contributed by atoms with Crippen molar-refractivity contribution in [3.05, 3.63) is 84.2 Å². The van der Waals surface area contributed by atoms with Gasteiger partial charge in [-0.25, -0.2) is 0 Å². The fourth-order valence-corrected chi connectivity index (χ4v) is 3.01. The zero-order chi connectivity index (χ0) is 14.9. The van der Waals surface area contributed by atoms with Gasteiger partial charge in [-0.3, -0.25) is 9.98 Å². The van der Waals surface area contributed by atoms with Gasteiger partial charge in [-0.2, -0.15) is 0 Å². The van der Waals surface area contributed by atoms with Crippen molar-refractivity contribution in [1.29, 1.82) is 0 Å². The zero-order valence-electron chi connectivity index (χ0n) is 12.4. The molecular weight excluding hydrogens is 270 g/mol. The van der Waals surface area contributed by atoms with Crippen LogP contribution in [0.25, 0.3) is 0 Å². The van der Waals surface area contributed by atoms with E-state index in [4.69, 9.17) is 4.99 Å². The van der Waals surface area contributed by atoms with Crippen LogP contribution >= 0.6 is 0 Å². The molecule has 0 radical (unpaired) electrons. The highest BCUT2D eigenvalue weighted by molar-refractivity contribution is 6.06. The van der Waals surface area contributed by atoms with Crippen molar-refractivity contribution in [1.82, 2.24) is 4.98 Å². The predicted octanol–water partition coefficient (Wildman–Crippen LogP) is 3.84. The highest BCUT2D eigenvalue weighted by Crippen LogP contribution is 2.37. The second-order valence-electron chi connectivity index (χ2n) is 5.59. The van der Waals surface area contributed by atoms with Gasteiger partial charge in [-0.1, -0.05) is 48.6 Å². The molecule has 2 heterocycles. The van der Waals surface area contributed by atoms with Crippen molar-refractivity contribution in [2.75, 3.05) is 4.90 Å². The smallest absolute Gasteiger partial charge is 0.148 e. The van der Waals surface area contributed by atoms with E-state index in [9.17, 15) is 0 Å². The molecule has 2 aliphatic rings. The molecule has 2 atom stereocenters. The third-order valence-corrected chi connectivity index (χ3v) is 4.10. The molecular formula is C19H17N3. The summed E-state index contributed by atoms with van der Waals surface area (Å²) in [5.41, 5.74) is 4.44. The Labute approximate surface area is 130 Å². The maximum absolute atomic E-state index is 4.94. The minimum Gasteiger partial charge on any atom is -0.332 e. The molecule has 4 rings (SSSR count). The van der Waals surface area contributed by atoms with Gasteiger partial charge in [0.1, 0.15) is 6.17 Å². The summed E-state index contributed by atoms with van der Waals surface area (Å²) in [5.74, 6) is 0. The van der Waals surface area contributed by atoms with E-state index in [2.05, 4.69) is 64.5 Å². The van der Waals surface area contributed by atoms with Gasteiger partial charge in [0, 0.05) is 5.69 Å². The number of rotatable bonds is 2. The van der Waals surface area contributed by atoms with E-state index in [0.29, 0.717) is 0 Å². The number of nitrogens with zero attached hydrogens (tertiary/aromatic N) is 3. The van der Waals surface area contributed by atoms with Crippen LogP contribution in [0, 0.1) is 6.92 Å². The number of hydrogen-bond acceptors (Lipinski definition) is 3. The molecule has 0 bridgehead atoms. The lowest BCUT2D eigenvalue weighted by Crippen LogP contribution is -2.35. The minimum atomic E-state index is -0.00175. The lowest BCUT2D eigenvalue weighted by atomic mass is 10.0. The van der Waals surface area contributed by atoms with Crippen LogP contribution in [0.15, 0.2) is 78.0 Å². The first-order valence-electron chi connectivity index (χ1n) is 7.51. The van der Waals surface area contributed by atoms with E-state index in [1.807, 2.05) is 25.3 Å². The van der Waals surface area contributed by atoms with Gasteiger partial charge in [0.15, 0.2) is 0 Å². The van der Waals surface area contributed by atoms with Crippen molar-refractivity contribution >= 4 is 11.4 Å². The van der Waals surface area contributed by atoms with Gasteiger partial charge in [0.05, 0.1) is 23.6 Å². The second-order valence-corrected chi connectivity index (χ2v) is 5.59. The second kappa shape index (κ2) is 5.26. The van der Waals surface area contributed by atoms with Crippen molar-refractivity contribution in [3.63, 3.8) is 0 Å². The first kappa shape index (κ1) is 13.0. The van der Waals surface area contributed by atoms with E-state index in [-0.39, 0.29) is 12.2 Å². The van der Waals surface area contributed by atoms with Crippen molar-refractivity contribution in [2.45, 2.75) is 19.1 Å². The van der Waals surface area contributed by atoms with Crippen molar-refractivity contribution < 1.29 is 0 Å². The molecule has 2 unspecified atom stereocenters. The first-order valence-corrected chi connectivity index (χ1v) is 7.51. The topological polar surface area (TPSA) is 28.5 Å². The van der Waals surface area contributed by atoms with Gasteiger partial charge >= 0.3 is 0 Å². The fraction of sp³-hybridized carbons (Fsp3) is 0.158. The summed E-state index contributed by atoms with van der Waals surface area (Å²) >= 11 is 0. The summed E-state index contributed by atoms with van der Waals surface area (Å²) in [6, 6.07) is 14.8. The molecule has 0 amide bonds. The van der Waals surface area contributed by atoms with Crippen LogP contribution in [0.3, 0.4) is 0 Å². The molecule has 1 aliphatic heterocycles. The van der Waals surface area contributed by atoms with E-state index >= 15 is 0 Å². The Balaban J connectivity index is 1.80. The Kier molecular flexibility index (Phi) is 3.11. The summed E-state index contributed by atoms with van der Waals surface area (Å²) in [4.78, 5) is 11.7. The molecule has 1 aromatic heterocycles. The summed E-state index contributed by atoms with van der Waals surface area (Å²) in [6.07, 6.45) is 10.4. The number of pyridine rings is 1. The van der Waals surface area contributed by atoms with Crippen molar-refractivity contribution in [3.8, 4) is 0 Å². The quantitative estimate of drug-likeness (QED) is 0.839. The van der Waals surface area contributed by atoms with Crippen LogP contribution in [0.2, 0.25) is 0 Å². The fourth-order valence-electron chi connectivity index (χ4n) is 3.01. The average Bonchev–Trinajstić information content (AvgIpc) is 2.96. The monoisotopic (exact) mass is 287 g/mol. The van der Waals surface area contributed by atoms with Gasteiger partial charge in [0.2, 0.25) is 0 Å². The van der Waals surface area contributed by atoms with E-state index in [1.54, 1.807) is 0 Å². The normalized spacial score (nSPS) is 22.6. The number of aryl methyl sites for hydroxylation is 1. The highest BCUT2D eigenvalue weighted by atomic mass is 15.3. The number of aliphatic imine (C=N–C) groups is 1. The first-order chi connectivity index (χ1) is 10.8. The molecule has 0 saturated heterocycles. The maximum atomic E-state index is 4.94. The summed E-state index contributed by atoms with van der Waals surface area (Å²) in [5, 5.41) is 0. The molecule has 1 aliphatic carbocycles. The lowest BCUT2D eigenvalue weighted by molar-refractivity contribution is 0.694. The minimum absolute atomic E-state index is 0.00175. The Morgan fingerprint density at radius 1 is 1.00 bits per heavy atom. The predicted molar refractivity (Wildman–Crippen MR) is 90.1 cm³/mol. The molecule has 108 valence electrons. The standard InChI is InChI=1S/C19H17N3/c1-14-11-12-16(13-20-14)22-18-10-6-5-9-17(18)21-19(22)15-7-3-2-4-8-15/h2-13,18-19H,1H3. The van der Waals surface area contributed by atoms with Gasteiger partial charge in [-0.15, -0.1) is 0 Å². The average molecular weight is 287 g/mol. The molecule has 0 N–H and O–H groups in total. The SMILES string of the molecule is Cc1ccc(N2C3C=CC=CC3=NC2c2ccccc2)cn1. The maximum Gasteiger partial charge on any atom is 0.148 e.